The predicted octanol–water partition coefficient (Wildman–Crippen LogP) is 3.14. The van der Waals surface area contributed by atoms with Gasteiger partial charge >= 0.3 is 5.91 Å². The van der Waals surface area contributed by atoms with Gasteiger partial charge in [0.25, 0.3) is 5.91 Å². The number of carbonyl (C=O) groups is 3. The molecule has 7 heteroatoms. The number of aliphatic hydroxyl groups is 1. The number of imide groups is 1. The lowest BCUT2D eigenvalue weighted by Crippen LogP contribution is -2.31. The van der Waals surface area contributed by atoms with Crippen LogP contribution in [0.25, 0.3) is 5.57 Å². The second-order valence-corrected chi connectivity index (χ2v) is 5.79. The Labute approximate surface area is 148 Å². The van der Waals surface area contributed by atoms with E-state index in [1.165, 1.54) is 25.1 Å². The van der Waals surface area contributed by atoms with Crippen LogP contribution < -0.4 is 10.2 Å². The normalized spacial score (nSPS) is 14.2. The topological polar surface area (TPSA) is 86.7 Å². The maximum absolute atomic E-state index is 12.7. The molecular formula is C18H13ClN2O4. The average molecular weight is 357 g/mol. The van der Waals surface area contributed by atoms with E-state index >= 15 is 0 Å². The van der Waals surface area contributed by atoms with Gasteiger partial charge in [-0.3, -0.25) is 14.4 Å². The van der Waals surface area contributed by atoms with Gasteiger partial charge in [-0.2, -0.15) is 0 Å². The molecule has 0 saturated carbocycles. The fraction of sp³-hybridized carbons (Fsp3) is 0.0556. The van der Waals surface area contributed by atoms with Gasteiger partial charge in [0.1, 0.15) is 0 Å². The molecule has 1 heterocycles. The van der Waals surface area contributed by atoms with E-state index in [0.717, 1.165) is 4.90 Å². The number of para-hydroxylation sites is 1. The Hall–Kier alpha value is -3.12. The Morgan fingerprint density at radius 2 is 1.68 bits per heavy atom. The molecule has 3 amide bonds. The number of hydrogen-bond donors (Lipinski definition) is 2. The summed E-state index contributed by atoms with van der Waals surface area (Å²) in [7, 11) is 0. The first-order chi connectivity index (χ1) is 11.9. The molecule has 3 rings (SSSR count). The summed E-state index contributed by atoms with van der Waals surface area (Å²) in [6, 6.07) is 12.6. The minimum atomic E-state index is -0.834. The maximum Gasteiger partial charge on any atom is 0.301 e. The molecule has 25 heavy (non-hydrogen) atoms. The predicted molar refractivity (Wildman–Crippen MR) is 94.2 cm³/mol. The second kappa shape index (κ2) is 6.41. The van der Waals surface area contributed by atoms with E-state index in [-0.39, 0.29) is 22.2 Å². The van der Waals surface area contributed by atoms with Crippen molar-refractivity contribution in [3.05, 3.63) is 64.9 Å². The summed E-state index contributed by atoms with van der Waals surface area (Å²) >= 11 is 6.06. The first-order valence-corrected chi connectivity index (χ1v) is 7.72. The van der Waals surface area contributed by atoms with Crippen molar-refractivity contribution in [1.82, 2.24) is 0 Å². The number of rotatable bonds is 3. The number of carbonyl (C=O) groups excluding carboxylic acids is 3. The Morgan fingerprint density at radius 1 is 1.04 bits per heavy atom. The van der Waals surface area contributed by atoms with Crippen molar-refractivity contribution in [3.63, 3.8) is 0 Å². The van der Waals surface area contributed by atoms with Crippen LogP contribution >= 0.6 is 11.6 Å². The Bertz CT molecular complexity index is 919. The number of benzene rings is 2. The van der Waals surface area contributed by atoms with Crippen LogP contribution in [-0.4, -0.2) is 22.8 Å². The van der Waals surface area contributed by atoms with Crippen molar-refractivity contribution in [3.8, 4) is 0 Å². The summed E-state index contributed by atoms with van der Waals surface area (Å²) in [4.78, 5) is 36.9. The second-order valence-electron chi connectivity index (χ2n) is 5.38. The van der Waals surface area contributed by atoms with Crippen LogP contribution in [0.2, 0.25) is 5.02 Å². The minimum Gasteiger partial charge on any atom is -0.502 e. The van der Waals surface area contributed by atoms with E-state index in [1.807, 2.05) is 0 Å². The highest BCUT2D eigenvalue weighted by Crippen LogP contribution is 2.35. The van der Waals surface area contributed by atoms with E-state index in [0.29, 0.717) is 11.3 Å². The van der Waals surface area contributed by atoms with Gasteiger partial charge in [-0.15, -0.1) is 0 Å². The lowest BCUT2D eigenvalue weighted by atomic mass is 10.1. The van der Waals surface area contributed by atoms with Crippen molar-refractivity contribution < 1.29 is 19.5 Å². The summed E-state index contributed by atoms with van der Waals surface area (Å²) in [5.74, 6) is -2.37. The first-order valence-electron chi connectivity index (χ1n) is 7.34. The fourth-order valence-electron chi connectivity index (χ4n) is 2.55. The van der Waals surface area contributed by atoms with Crippen LogP contribution in [-0.2, 0) is 14.4 Å². The zero-order valence-electron chi connectivity index (χ0n) is 13.1. The fourth-order valence-corrected chi connectivity index (χ4v) is 2.77. The van der Waals surface area contributed by atoms with E-state index in [2.05, 4.69) is 5.32 Å². The van der Waals surface area contributed by atoms with Crippen LogP contribution in [0.15, 0.2) is 54.3 Å². The largest absolute Gasteiger partial charge is 0.502 e. The lowest BCUT2D eigenvalue weighted by molar-refractivity contribution is -0.121. The van der Waals surface area contributed by atoms with Crippen molar-refractivity contribution >= 4 is 46.3 Å². The molecule has 0 atom stereocenters. The highest BCUT2D eigenvalue weighted by Gasteiger charge is 2.40. The highest BCUT2D eigenvalue weighted by atomic mass is 35.5. The van der Waals surface area contributed by atoms with Crippen LogP contribution in [0.5, 0.6) is 0 Å². The number of aliphatic hydroxyl groups excluding tert-OH is 1. The number of amides is 3. The SMILES string of the molecule is CC(=O)Nc1ccc(C2=C(O)C(=O)N(c3ccccc3Cl)C2=O)cc1. The van der Waals surface area contributed by atoms with Gasteiger partial charge < -0.3 is 10.4 Å². The number of hydrogen-bond acceptors (Lipinski definition) is 4. The van der Waals surface area contributed by atoms with Crippen LogP contribution in [0.4, 0.5) is 11.4 Å². The van der Waals surface area contributed by atoms with Crippen LogP contribution in [0.3, 0.4) is 0 Å². The smallest absolute Gasteiger partial charge is 0.301 e. The van der Waals surface area contributed by atoms with Gasteiger partial charge in [-0.25, -0.2) is 4.90 Å². The molecule has 0 saturated heterocycles. The van der Waals surface area contributed by atoms with Gasteiger partial charge in [-0.05, 0) is 29.8 Å². The lowest BCUT2D eigenvalue weighted by Gasteiger charge is -2.15. The average Bonchev–Trinajstić information content (AvgIpc) is 2.79. The molecule has 2 aromatic rings. The molecule has 0 fully saturated rings. The van der Waals surface area contributed by atoms with E-state index in [4.69, 9.17) is 11.6 Å². The minimum absolute atomic E-state index is 0.112. The summed E-state index contributed by atoms with van der Waals surface area (Å²) < 4.78 is 0. The third-order valence-corrected chi connectivity index (χ3v) is 3.97. The molecule has 0 unspecified atom stereocenters. The van der Waals surface area contributed by atoms with Gasteiger partial charge in [0.15, 0.2) is 5.76 Å². The monoisotopic (exact) mass is 356 g/mol. The maximum atomic E-state index is 12.7. The molecule has 0 radical (unpaired) electrons. The molecule has 1 aliphatic heterocycles. The molecular weight excluding hydrogens is 344 g/mol. The van der Waals surface area contributed by atoms with Gasteiger partial charge in [0, 0.05) is 12.6 Å². The quantitative estimate of drug-likeness (QED) is 0.827. The molecule has 0 spiro atoms. The van der Waals surface area contributed by atoms with Crippen LogP contribution in [0, 0.1) is 0 Å². The summed E-state index contributed by atoms with van der Waals surface area (Å²) in [5, 5.41) is 13.0. The molecule has 126 valence electrons. The van der Waals surface area contributed by atoms with Crippen LogP contribution in [0.1, 0.15) is 12.5 Å². The highest BCUT2D eigenvalue weighted by molar-refractivity contribution is 6.46. The summed E-state index contributed by atoms with van der Waals surface area (Å²) in [5.41, 5.74) is 0.991. The number of halogens is 1. The summed E-state index contributed by atoms with van der Waals surface area (Å²) in [6.07, 6.45) is 0. The number of anilines is 2. The Kier molecular flexibility index (Phi) is 4.29. The summed E-state index contributed by atoms with van der Waals surface area (Å²) in [6.45, 7) is 1.38. The van der Waals surface area contributed by atoms with Crippen molar-refractivity contribution in [2.45, 2.75) is 6.92 Å². The Balaban J connectivity index is 1.97. The number of nitrogens with one attached hydrogen (secondary N) is 1. The van der Waals surface area contributed by atoms with Gasteiger partial charge in [0.2, 0.25) is 5.91 Å². The zero-order chi connectivity index (χ0) is 18.1. The van der Waals surface area contributed by atoms with E-state index in [1.54, 1.807) is 30.3 Å². The molecule has 6 nitrogen and oxygen atoms in total. The molecule has 0 aromatic heterocycles. The molecule has 0 aliphatic carbocycles. The van der Waals surface area contributed by atoms with Crippen molar-refractivity contribution in [2.24, 2.45) is 0 Å². The third kappa shape index (κ3) is 2.99. The van der Waals surface area contributed by atoms with Gasteiger partial charge in [-0.1, -0.05) is 35.9 Å². The van der Waals surface area contributed by atoms with Crippen molar-refractivity contribution in [2.75, 3.05) is 10.2 Å². The molecule has 2 aromatic carbocycles. The van der Waals surface area contributed by atoms with E-state index in [9.17, 15) is 19.5 Å². The van der Waals surface area contributed by atoms with Gasteiger partial charge in [0.05, 0.1) is 16.3 Å². The van der Waals surface area contributed by atoms with Crippen molar-refractivity contribution in [1.29, 1.82) is 0 Å². The molecule has 0 bridgehead atoms. The molecule has 1 aliphatic rings. The zero-order valence-corrected chi connectivity index (χ0v) is 13.9. The Morgan fingerprint density at radius 3 is 2.28 bits per heavy atom. The third-order valence-electron chi connectivity index (χ3n) is 3.65. The van der Waals surface area contributed by atoms with E-state index < -0.39 is 17.6 Å². The first kappa shape index (κ1) is 16.7. The standard InChI is InChI=1S/C18H13ClN2O4/c1-10(22)20-12-8-6-11(7-9-12)15-16(23)18(25)21(17(15)24)14-5-3-2-4-13(14)19/h2-9,23H,1H3,(H,20,22). The molecule has 2 N–H and O–H groups in total. The number of nitrogens with zero attached hydrogens (tertiary/aromatic N) is 1.